The minimum absolute atomic E-state index is 0.00942. The van der Waals surface area contributed by atoms with Crippen LogP contribution in [0.15, 0.2) is 42.7 Å². The van der Waals surface area contributed by atoms with Gasteiger partial charge >= 0.3 is 0 Å². The van der Waals surface area contributed by atoms with E-state index < -0.39 is 6.04 Å². The van der Waals surface area contributed by atoms with Crippen LogP contribution in [-0.4, -0.2) is 50.3 Å². The Hall–Kier alpha value is -3.23. The lowest BCUT2D eigenvalue weighted by molar-refractivity contribution is 0.0911. The second kappa shape index (κ2) is 10.2. The van der Waals surface area contributed by atoms with Crippen molar-refractivity contribution in [2.75, 3.05) is 18.5 Å². The van der Waals surface area contributed by atoms with Crippen molar-refractivity contribution in [2.24, 2.45) is 0 Å². The largest absolute Gasteiger partial charge is 0.394 e. The van der Waals surface area contributed by atoms with Gasteiger partial charge in [0.2, 0.25) is 5.95 Å². The number of hydrogen-bond donors (Lipinski definition) is 5. The van der Waals surface area contributed by atoms with E-state index in [-0.39, 0.29) is 25.2 Å². The van der Waals surface area contributed by atoms with E-state index in [0.29, 0.717) is 17.3 Å². The van der Waals surface area contributed by atoms with Crippen molar-refractivity contribution in [3.8, 4) is 11.3 Å². The molecule has 31 heavy (non-hydrogen) atoms. The van der Waals surface area contributed by atoms with Crippen LogP contribution in [0.1, 0.15) is 46.6 Å². The van der Waals surface area contributed by atoms with Crippen molar-refractivity contribution in [1.29, 1.82) is 0 Å². The van der Waals surface area contributed by atoms with Gasteiger partial charge in [-0.25, -0.2) is 9.97 Å². The summed E-state index contributed by atoms with van der Waals surface area (Å²) in [5.74, 6) is 0.108. The molecule has 3 aromatic rings. The summed E-state index contributed by atoms with van der Waals surface area (Å²) >= 11 is 0. The third-order valence-corrected chi connectivity index (χ3v) is 5.15. The van der Waals surface area contributed by atoms with Crippen molar-refractivity contribution < 1.29 is 15.0 Å². The Labute approximate surface area is 181 Å². The number of nitrogens with zero attached hydrogens (tertiary/aromatic N) is 2. The number of carbonyl (C=O) groups excluding carboxylic acids is 1. The van der Waals surface area contributed by atoms with Gasteiger partial charge < -0.3 is 25.8 Å². The van der Waals surface area contributed by atoms with Crippen molar-refractivity contribution in [3.05, 3.63) is 65.1 Å². The van der Waals surface area contributed by atoms with E-state index in [1.54, 1.807) is 18.5 Å². The number of aromatic amines is 1. The molecular formula is C23H29N5O3. The van der Waals surface area contributed by atoms with E-state index in [0.717, 1.165) is 28.7 Å². The first-order valence-corrected chi connectivity index (χ1v) is 10.3. The van der Waals surface area contributed by atoms with Crippen LogP contribution in [0.25, 0.3) is 11.3 Å². The van der Waals surface area contributed by atoms with Gasteiger partial charge in [-0.1, -0.05) is 36.8 Å². The Morgan fingerprint density at radius 3 is 2.68 bits per heavy atom. The highest BCUT2D eigenvalue weighted by Crippen LogP contribution is 2.23. The fraction of sp³-hybridized carbons (Fsp3) is 0.348. The zero-order valence-electron chi connectivity index (χ0n) is 18.0. The molecule has 2 unspecified atom stereocenters. The fourth-order valence-electron chi connectivity index (χ4n) is 3.28. The van der Waals surface area contributed by atoms with Crippen LogP contribution in [0.3, 0.4) is 0 Å². The van der Waals surface area contributed by atoms with Crippen LogP contribution < -0.4 is 10.6 Å². The van der Waals surface area contributed by atoms with Crippen molar-refractivity contribution >= 4 is 11.9 Å². The van der Waals surface area contributed by atoms with Gasteiger partial charge in [0.05, 0.1) is 31.0 Å². The molecule has 0 bridgehead atoms. The predicted molar refractivity (Wildman–Crippen MR) is 120 cm³/mol. The molecule has 164 valence electrons. The first-order chi connectivity index (χ1) is 14.9. The Morgan fingerprint density at radius 2 is 2.00 bits per heavy atom. The van der Waals surface area contributed by atoms with Crippen molar-refractivity contribution in [2.45, 2.75) is 39.3 Å². The molecule has 8 heteroatoms. The average Bonchev–Trinajstić information content (AvgIpc) is 3.27. The normalized spacial score (nSPS) is 12.9. The van der Waals surface area contributed by atoms with Gasteiger partial charge in [-0.2, -0.15) is 0 Å². The minimum Gasteiger partial charge on any atom is -0.394 e. The highest BCUT2D eigenvalue weighted by atomic mass is 16.3. The van der Waals surface area contributed by atoms with Gasteiger partial charge in [-0.3, -0.25) is 4.79 Å². The third kappa shape index (κ3) is 5.48. The van der Waals surface area contributed by atoms with E-state index in [1.807, 2.05) is 45.0 Å². The quantitative estimate of drug-likeness (QED) is 0.361. The van der Waals surface area contributed by atoms with Crippen LogP contribution in [0, 0.1) is 13.8 Å². The van der Waals surface area contributed by atoms with Crippen LogP contribution in [0.2, 0.25) is 0 Å². The monoisotopic (exact) mass is 423 g/mol. The smallest absolute Gasteiger partial charge is 0.268 e. The van der Waals surface area contributed by atoms with Crippen molar-refractivity contribution in [1.82, 2.24) is 20.3 Å². The summed E-state index contributed by atoms with van der Waals surface area (Å²) in [6.07, 6.45) is 4.17. The topological polar surface area (TPSA) is 123 Å². The predicted octanol–water partition coefficient (Wildman–Crippen LogP) is 2.73. The van der Waals surface area contributed by atoms with Gasteiger partial charge in [-0.15, -0.1) is 0 Å². The lowest BCUT2D eigenvalue weighted by Crippen LogP contribution is -2.31. The molecule has 2 aromatic heterocycles. The fourth-order valence-corrected chi connectivity index (χ4v) is 3.28. The molecule has 0 aliphatic heterocycles. The number of carbonyl (C=O) groups is 1. The molecule has 8 nitrogen and oxygen atoms in total. The maximum Gasteiger partial charge on any atom is 0.268 e. The van der Waals surface area contributed by atoms with Gasteiger partial charge in [0.1, 0.15) is 5.69 Å². The second-order valence-electron chi connectivity index (χ2n) is 7.58. The van der Waals surface area contributed by atoms with Gasteiger partial charge in [-0.05, 0) is 37.5 Å². The van der Waals surface area contributed by atoms with Gasteiger partial charge in [0.25, 0.3) is 5.91 Å². The zero-order valence-corrected chi connectivity index (χ0v) is 18.0. The summed E-state index contributed by atoms with van der Waals surface area (Å²) in [5, 5.41) is 25.1. The maximum absolute atomic E-state index is 12.8. The molecule has 1 aromatic carbocycles. The van der Waals surface area contributed by atoms with Crippen molar-refractivity contribution in [3.63, 3.8) is 0 Å². The first-order valence-electron chi connectivity index (χ1n) is 10.3. The molecule has 0 fully saturated rings. The molecule has 0 saturated heterocycles. The number of amides is 1. The number of aryl methyl sites for hydroxylation is 2. The number of benzene rings is 1. The number of aliphatic hydroxyl groups excluding tert-OH is 2. The summed E-state index contributed by atoms with van der Waals surface area (Å²) in [6.45, 7) is 5.62. The first kappa shape index (κ1) is 22.5. The second-order valence-corrected chi connectivity index (χ2v) is 7.58. The average molecular weight is 424 g/mol. The third-order valence-electron chi connectivity index (χ3n) is 5.15. The summed E-state index contributed by atoms with van der Waals surface area (Å²) in [6, 6.07) is 8.78. The number of aliphatic hydroxyl groups is 2. The molecule has 2 heterocycles. The number of H-pyrrole nitrogens is 1. The number of nitrogens with one attached hydrogen (secondary N) is 3. The number of hydrogen-bond acceptors (Lipinski definition) is 6. The summed E-state index contributed by atoms with van der Waals surface area (Å²) in [7, 11) is 0. The molecule has 3 rings (SSSR count). The van der Waals surface area contributed by atoms with E-state index in [1.165, 1.54) is 0 Å². The molecule has 0 aliphatic rings. The van der Waals surface area contributed by atoms with Gasteiger partial charge in [0, 0.05) is 18.0 Å². The summed E-state index contributed by atoms with van der Waals surface area (Å²) in [5.41, 5.74) is 4.58. The maximum atomic E-state index is 12.8. The van der Waals surface area contributed by atoms with Crippen LogP contribution in [0.4, 0.5) is 5.95 Å². The molecule has 0 aliphatic carbocycles. The zero-order chi connectivity index (χ0) is 22.4. The number of anilines is 1. The standard InChI is InChI=1S/C23H29N5O3/c1-4-18(12-29)26-23-25-10-15(3)21(28-23)17-9-19(24-11-17)22(31)27-20(13-30)16-7-5-6-14(2)8-16/h5-11,18,20,24,29-30H,4,12-13H2,1-3H3,(H,27,31)(H,25,26,28). The molecule has 5 N–H and O–H groups in total. The van der Waals surface area contributed by atoms with E-state index >= 15 is 0 Å². The molecule has 2 atom stereocenters. The Kier molecular flexibility index (Phi) is 7.38. The lowest BCUT2D eigenvalue weighted by atomic mass is 10.0. The van der Waals surface area contributed by atoms with E-state index in [2.05, 4.69) is 25.6 Å². The highest BCUT2D eigenvalue weighted by Gasteiger charge is 2.18. The molecule has 1 amide bonds. The highest BCUT2D eigenvalue weighted by molar-refractivity contribution is 5.94. The van der Waals surface area contributed by atoms with E-state index in [4.69, 9.17) is 0 Å². The Morgan fingerprint density at radius 1 is 1.19 bits per heavy atom. The Balaban J connectivity index is 1.78. The van der Waals surface area contributed by atoms with Crippen LogP contribution >= 0.6 is 0 Å². The van der Waals surface area contributed by atoms with Crippen LogP contribution in [0.5, 0.6) is 0 Å². The van der Waals surface area contributed by atoms with E-state index in [9.17, 15) is 15.0 Å². The van der Waals surface area contributed by atoms with Gasteiger partial charge in [0.15, 0.2) is 0 Å². The lowest BCUT2D eigenvalue weighted by Gasteiger charge is -2.16. The SMILES string of the molecule is CCC(CO)Nc1ncc(C)c(-c2c[nH]c(C(=O)NC(CO)c3cccc(C)c3)c2)n1. The Bertz CT molecular complexity index is 1030. The molecule has 0 spiro atoms. The molecule has 0 saturated carbocycles. The number of rotatable bonds is 9. The number of aromatic nitrogens is 3. The molecule has 0 radical (unpaired) electrons. The minimum atomic E-state index is -0.500. The summed E-state index contributed by atoms with van der Waals surface area (Å²) < 4.78 is 0. The molecular weight excluding hydrogens is 394 g/mol. The van der Waals surface area contributed by atoms with Crippen LogP contribution in [-0.2, 0) is 0 Å². The summed E-state index contributed by atoms with van der Waals surface area (Å²) in [4.78, 5) is 24.6.